The zero-order valence-corrected chi connectivity index (χ0v) is 53.6. The van der Waals surface area contributed by atoms with Gasteiger partial charge in [0.15, 0.2) is 0 Å². The van der Waals surface area contributed by atoms with Gasteiger partial charge in [-0.3, -0.25) is 0 Å². The van der Waals surface area contributed by atoms with Gasteiger partial charge < -0.3 is 18.6 Å². The molecule has 0 saturated carbocycles. The zero-order chi connectivity index (χ0) is 61.5. The zero-order valence-electron chi connectivity index (χ0n) is 52.0. The Hall–Kier alpha value is -10.5. The minimum Gasteiger partial charge on any atom is -0.309 e. The van der Waals surface area contributed by atoms with Gasteiger partial charge in [0.05, 0.1) is 55.8 Å². The Labute approximate surface area is 541 Å². The summed E-state index contributed by atoms with van der Waals surface area (Å²) in [6.45, 7) is 13.8. The van der Waals surface area contributed by atoms with E-state index in [1.165, 1.54) is 150 Å². The minimum absolute atomic E-state index is 0.0107. The number of aromatic nitrogens is 2. The van der Waals surface area contributed by atoms with Crippen molar-refractivity contribution in [2.24, 2.45) is 0 Å². The molecule has 0 radical (unpaired) electrons. The van der Waals surface area contributed by atoms with Gasteiger partial charge in [-0.1, -0.05) is 211 Å². The highest BCUT2D eigenvalue weighted by Crippen LogP contribution is 2.55. The number of para-hydroxylation sites is 2. The van der Waals surface area contributed by atoms with Crippen molar-refractivity contribution in [3.8, 4) is 22.3 Å². The maximum atomic E-state index is 2.59. The third-order valence-corrected chi connectivity index (χ3v) is 22.1. The molecule has 0 spiro atoms. The van der Waals surface area contributed by atoms with Crippen molar-refractivity contribution in [1.29, 1.82) is 0 Å². The highest BCUT2D eigenvalue weighted by atomic mass is 32.1. The molecule has 0 fully saturated rings. The number of thiophene rings is 2. The SMILES string of the molecule is CC(C)(C)c1ccc(N(c2cc3c(cc2-c2ccccc2)sc2ccccc23)c2ccc3c4cc5c(cc4n4c6ccccc6c2c34)c2ccc(N(c3ccc(C(C)(C)C)cc3)c3cc4c(cc3-c3ccccc3)sc3ccccc34)c3c4ccccc4n5c23)cc1. The van der Waals surface area contributed by atoms with E-state index in [9.17, 15) is 0 Å². The summed E-state index contributed by atoms with van der Waals surface area (Å²) in [5, 5.41) is 15.0. The first kappa shape index (κ1) is 53.3. The quantitative estimate of drug-likeness (QED) is 0.151. The predicted molar refractivity (Wildman–Crippen MR) is 399 cm³/mol. The van der Waals surface area contributed by atoms with Gasteiger partial charge in [0.1, 0.15) is 0 Å². The van der Waals surface area contributed by atoms with E-state index >= 15 is 0 Å². The van der Waals surface area contributed by atoms with Crippen molar-refractivity contribution < 1.29 is 0 Å². The molecule has 0 unspecified atom stereocenters. The van der Waals surface area contributed by atoms with E-state index in [1.807, 2.05) is 22.7 Å². The smallest absolute Gasteiger partial charge is 0.0641 e. The molecule has 6 aromatic heterocycles. The summed E-state index contributed by atoms with van der Waals surface area (Å²) in [6.07, 6.45) is 0. The number of hydrogen-bond acceptors (Lipinski definition) is 4. The van der Waals surface area contributed by atoms with Crippen LogP contribution in [0.15, 0.2) is 267 Å². The van der Waals surface area contributed by atoms with Crippen molar-refractivity contribution in [3.63, 3.8) is 0 Å². The predicted octanol–water partition coefficient (Wildman–Crippen LogP) is 25.6. The molecule has 92 heavy (non-hydrogen) atoms. The van der Waals surface area contributed by atoms with Gasteiger partial charge in [0.2, 0.25) is 0 Å². The lowest BCUT2D eigenvalue weighted by atomic mass is 9.87. The summed E-state index contributed by atoms with van der Waals surface area (Å²) in [5.41, 5.74) is 21.4. The van der Waals surface area contributed by atoms with Crippen LogP contribution in [0.2, 0.25) is 0 Å². The summed E-state index contributed by atoms with van der Waals surface area (Å²) < 4.78 is 10.3. The van der Waals surface area contributed by atoms with Crippen molar-refractivity contribution in [3.05, 3.63) is 278 Å². The second kappa shape index (κ2) is 19.5. The van der Waals surface area contributed by atoms with Gasteiger partial charge in [0.25, 0.3) is 0 Å². The van der Waals surface area contributed by atoms with Crippen molar-refractivity contribution in [2.45, 2.75) is 52.4 Å². The van der Waals surface area contributed by atoms with Crippen molar-refractivity contribution >= 4 is 173 Å². The summed E-state index contributed by atoms with van der Waals surface area (Å²) >= 11 is 3.76. The largest absolute Gasteiger partial charge is 0.309 e. The topological polar surface area (TPSA) is 15.3 Å². The fraction of sp³-hybridized carbons (Fsp3) is 0.0930. The molecular weight excluding hydrogens is 1150 g/mol. The molecule has 0 bridgehead atoms. The highest BCUT2D eigenvalue weighted by molar-refractivity contribution is 7.26. The lowest BCUT2D eigenvalue weighted by Crippen LogP contribution is -2.14. The molecule has 0 N–H and O–H groups in total. The molecule has 0 aliphatic rings. The highest BCUT2D eigenvalue weighted by Gasteiger charge is 2.31. The molecule has 19 aromatic rings. The van der Waals surface area contributed by atoms with E-state index in [2.05, 4.69) is 327 Å². The van der Waals surface area contributed by atoms with E-state index < -0.39 is 0 Å². The minimum atomic E-state index is -0.0107. The second-order valence-corrected chi connectivity index (χ2v) is 29.4. The Kier molecular flexibility index (Phi) is 11.3. The summed E-state index contributed by atoms with van der Waals surface area (Å²) in [5.74, 6) is 0. The molecular formula is C86H62N4S2. The number of benzene rings is 13. The lowest BCUT2D eigenvalue weighted by Gasteiger charge is -2.30. The Balaban J connectivity index is 0.881. The summed E-state index contributed by atoms with van der Waals surface area (Å²) in [6, 6.07) is 101. The lowest BCUT2D eigenvalue weighted by molar-refractivity contribution is 0.590. The average Bonchev–Trinajstić information content (AvgIpc) is 1.51. The number of hydrogen-bond donors (Lipinski definition) is 0. The number of fused-ring (bicyclic) bond motifs is 18. The molecule has 6 heterocycles. The first-order valence-corrected chi connectivity index (χ1v) is 33.7. The summed E-state index contributed by atoms with van der Waals surface area (Å²) in [7, 11) is 0. The van der Waals surface area contributed by atoms with Crippen LogP contribution in [0, 0.1) is 0 Å². The molecule has 0 saturated heterocycles. The first-order chi connectivity index (χ1) is 44.9. The van der Waals surface area contributed by atoms with Gasteiger partial charge >= 0.3 is 0 Å². The van der Waals surface area contributed by atoms with Crippen LogP contribution in [-0.2, 0) is 10.8 Å². The molecule has 13 aromatic carbocycles. The fourth-order valence-corrected chi connectivity index (χ4v) is 17.7. The first-order valence-electron chi connectivity index (χ1n) is 32.1. The van der Waals surface area contributed by atoms with E-state index in [1.54, 1.807) is 0 Å². The fourth-order valence-electron chi connectivity index (χ4n) is 15.5. The summed E-state index contributed by atoms with van der Waals surface area (Å²) in [4.78, 5) is 5.14. The van der Waals surface area contributed by atoms with Crippen LogP contribution in [0.4, 0.5) is 34.1 Å². The molecule has 4 nitrogen and oxygen atoms in total. The van der Waals surface area contributed by atoms with E-state index in [4.69, 9.17) is 0 Å². The number of rotatable bonds is 8. The van der Waals surface area contributed by atoms with Crippen LogP contribution in [0.25, 0.3) is 139 Å². The Morgan fingerprint density at radius 1 is 0.272 bits per heavy atom. The Morgan fingerprint density at radius 3 is 1.04 bits per heavy atom. The van der Waals surface area contributed by atoms with E-state index in [-0.39, 0.29) is 10.8 Å². The van der Waals surface area contributed by atoms with Crippen molar-refractivity contribution in [1.82, 2.24) is 8.80 Å². The Bertz CT molecular complexity index is 5810. The van der Waals surface area contributed by atoms with Crippen molar-refractivity contribution in [2.75, 3.05) is 9.80 Å². The van der Waals surface area contributed by atoms with Crippen LogP contribution < -0.4 is 9.80 Å². The molecule has 0 aliphatic heterocycles. The number of anilines is 6. The maximum Gasteiger partial charge on any atom is 0.0641 e. The molecule has 0 amide bonds. The van der Waals surface area contributed by atoms with Gasteiger partial charge in [-0.25, -0.2) is 0 Å². The Morgan fingerprint density at radius 2 is 0.641 bits per heavy atom. The van der Waals surface area contributed by atoms with Crippen LogP contribution in [-0.4, -0.2) is 8.80 Å². The molecule has 0 atom stereocenters. The van der Waals surface area contributed by atoms with Crippen LogP contribution in [0.1, 0.15) is 52.7 Å². The molecule has 0 aliphatic carbocycles. The monoisotopic (exact) mass is 1210 g/mol. The molecule has 19 rings (SSSR count). The second-order valence-electron chi connectivity index (χ2n) is 27.2. The van der Waals surface area contributed by atoms with Crippen LogP contribution >= 0.6 is 22.7 Å². The van der Waals surface area contributed by atoms with Gasteiger partial charge in [-0.15, -0.1) is 22.7 Å². The molecule has 6 heteroatoms. The van der Waals surface area contributed by atoms with E-state index in [0.717, 1.165) is 34.1 Å². The molecule has 438 valence electrons. The van der Waals surface area contributed by atoms with Crippen LogP contribution in [0.3, 0.4) is 0 Å². The van der Waals surface area contributed by atoms with Gasteiger partial charge in [0, 0.05) is 106 Å². The van der Waals surface area contributed by atoms with Gasteiger partial charge in [-0.2, -0.15) is 0 Å². The average molecular weight is 1220 g/mol. The third-order valence-electron chi connectivity index (χ3n) is 19.9. The van der Waals surface area contributed by atoms with Gasteiger partial charge in [-0.05, 0) is 130 Å². The van der Waals surface area contributed by atoms with Crippen LogP contribution in [0.5, 0.6) is 0 Å². The normalized spacial score (nSPS) is 12.7. The van der Waals surface area contributed by atoms with E-state index in [0.29, 0.717) is 0 Å². The maximum absolute atomic E-state index is 2.59. The standard InChI is InChI=1S/C86H62N4S2/c1-85(2,3)53-33-37-55(38-34-53)87(73-47-67-57-25-15-19-31-77(57)91-79(67)49-63(73)51-21-9-7-10-22-51)71-43-41-59-65-45-76-66(46-75(65)89-69-29-17-13-27-61(69)81(71)83(59)89)60-42-44-72(82-62-28-14-18-30-70(62)90(76)84(60)82)88(56-39-35-54(36-40-56)86(4,5)6)74-48-68-58-26-16-20-32-78(58)92-80(68)50-64(74)52-23-11-8-12-24-52/h7-50H,1-6H3. The third kappa shape index (κ3) is 7.75. The number of nitrogens with zero attached hydrogens (tertiary/aromatic N) is 4.